The lowest BCUT2D eigenvalue weighted by Gasteiger charge is -2.21. The molecule has 2 N–H and O–H groups in total. The van der Waals surface area contributed by atoms with E-state index in [0.717, 1.165) is 19.0 Å². The molecule has 1 aromatic rings. The molecule has 5 nitrogen and oxygen atoms in total. The number of aromatic nitrogens is 1. The van der Waals surface area contributed by atoms with Crippen LogP contribution in [0.2, 0.25) is 5.02 Å². The zero-order valence-corrected chi connectivity index (χ0v) is 18.1. The summed E-state index contributed by atoms with van der Waals surface area (Å²) in [4.78, 5) is 8.80. The summed E-state index contributed by atoms with van der Waals surface area (Å²) in [5.41, 5.74) is 0. The molecule has 1 saturated heterocycles. The van der Waals surface area contributed by atoms with E-state index in [1.54, 1.807) is 18.3 Å². The van der Waals surface area contributed by atoms with Crippen molar-refractivity contribution in [3.05, 3.63) is 23.4 Å². The number of pyridine rings is 1. The van der Waals surface area contributed by atoms with Crippen molar-refractivity contribution in [1.82, 2.24) is 15.6 Å². The van der Waals surface area contributed by atoms with Crippen LogP contribution in [-0.4, -0.2) is 47.7 Å². The van der Waals surface area contributed by atoms with Crippen LogP contribution in [0.4, 0.5) is 0 Å². The van der Waals surface area contributed by atoms with Crippen molar-refractivity contribution in [3.63, 3.8) is 0 Å². The normalized spacial score (nSPS) is 20.4. The minimum atomic E-state index is 0. The molecular formula is C16H26ClIN4OS. The van der Waals surface area contributed by atoms with Crippen LogP contribution in [0.1, 0.15) is 26.7 Å². The first-order valence-electron chi connectivity index (χ1n) is 8.02. The Labute approximate surface area is 170 Å². The summed E-state index contributed by atoms with van der Waals surface area (Å²) in [5, 5.41) is 7.08. The van der Waals surface area contributed by atoms with Crippen molar-refractivity contribution < 1.29 is 4.74 Å². The zero-order chi connectivity index (χ0) is 16.5. The van der Waals surface area contributed by atoms with Crippen LogP contribution in [0.25, 0.3) is 0 Å². The van der Waals surface area contributed by atoms with Gasteiger partial charge in [0.25, 0.3) is 0 Å². The predicted octanol–water partition coefficient (Wildman–Crippen LogP) is 3.57. The largest absolute Gasteiger partial charge is 0.475 e. The van der Waals surface area contributed by atoms with E-state index < -0.39 is 0 Å². The number of hydrogen-bond donors (Lipinski definition) is 2. The van der Waals surface area contributed by atoms with Crippen LogP contribution in [0.3, 0.4) is 0 Å². The van der Waals surface area contributed by atoms with E-state index in [1.165, 1.54) is 18.6 Å². The van der Waals surface area contributed by atoms with Gasteiger partial charge in [0, 0.05) is 17.5 Å². The summed E-state index contributed by atoms with van der Waals surface area (Å²) in [6, 6.07) is 3.55. The highest BCUT2D eigenvalue weighted by Gasteiger charge is 2.29. The third-order valence-corrected chi connectivity index (χ3v) is 5.38. The maximum Gasteiger partial charge on any atom is 0.232 e. The van der Waals surface area contributed by atoms with Gasteiger partial charge < -0.3 is 15.4 Å². The molecule has 1 aliphatic rings. The number of rotatable bonds is 7. The summed E-state index contributed by atoms with van der Waals surface area (Å²) < 4.78 is 5.85. The molecule has 1 aromatic heterocycles. The van der Waals surface area contributed by atoms with Crippen LogP contribution >= 0.6 is 47.3 Å². The summed E-state index contributed by atoms with van der Waals surface area (Å²) in [6.45, 7) is 7.15. The van der Waals surface area contributed by atoms with Crippen molar-refractivity contribution in [1.29, 1.82) is 0 Å². The number of ether oxygens (including phenoxy) is 1. The van der Waals surface area contributed by atoms with E-state index >= 15 is 0 Å². The highest BCUT2D eigenvalue weighted by molar-refractivity contribution is 14.0. The van der Waals surface area contributed by atoms with Crippen molar-refractivity contribution in [3.8, 4) is 5.88 Å². The molecule has 0 amide bonds. The second-order valence-corrected chi connectivity index (χ2v) is 7.75. The second-order valence-electron chi connectivity index (χ2n) is 5.66. The fourth-order valence-corrected chi connectivity index (χ4v) is 3.75. The number of hydrogen-bond acceptors (Lipinski definition) is 4. The van der Waals surface area contributed by atoms with Gasteiger partial charge >= 0.3 is 0 Å². The molecule has 0 aliphatic carbocycles. The standard InChI is InChI=1S/C16H25ClN4OS.HI/c1-3-18-15(21-12-16(2)7-5-11-23-16)20-9-10-22-14-13(17)6-4-8-19-14;/h4,6,8H,3,5,7,9-12H2,1-2H3,(H2,18,20,21);1H. The second kappa shape index (κ2) is 11.3. The highest BCUT2D eigenvalue weighted by atomic mass is 127. The van der Waals surface area contributed by atoms with Gasteiger partial charge in [0.2, 0.25) is 5.88 Å². The Morgan fingerprint density at radius 1 is 1.50 bits per heavy atom. The maximum absolute atomic E-state index is 6.01. The average molecular weight is 485 g/mol. The smallest absolute Gasteiger partial charge is 0.232 e. The molecule has 1 aliphatic heterocycles. The molecule has 1 fully saturated rings. The van der Waals surface area contributed by atoms with E-state index in [-0.39, 0.29) is 28.7 Å². The summed E-state index contributed by atoms with van der Waals surface area (Å²) >= 11 is 8.03. The number of guanidine groups is 1. The molecule has 0 bridgehead atoms. The third kappa shape index (κ3) is 7.23. The van der Waals surface area contributed by atoms with Crippen LogP contribution < -0.4 is 15.4 Å². The Bertz CT molecular complexity index is 527. The lowest BCUT2D eigenvalue weighted by molar-refractivity contribution is 0.310. The first-order valence-corrected chi connectivity index (χ1v) is 9.39. The fourth-order valence-electron chi connectivity index (χ4n) is 2.34. The number of nitrogens with one attached hydrogen (secondary N) is 2. The average Bonchev–Trinajstić information content (AvgIpc) is 2.98. The molecule has 1 atom stereocenters. The lowest BCUT2D eigenvalue weighted by atomic mass is 10.1. The molecule has 0 saturated carbocycles. The van der Waals surface area contributed by atoms with E-state index in [0.29, 0.717) is 24.1 Å². The SMILES string of the molecule is CCNC(=NCC1(C)CCCS1)NCCOc1ncccc1Cl.I. The lowest BCUT2D eigenvalue weighted by Crippen LogP contribution is -2.40. The van der Waals surface area contributed by atoms with Gasteiger partial charge in [-0.05, 0) is 44.6 Å². The molecule has 0 spiro atoms. The molecule has 0 aromatic carbocycles. The van der Waals surface area contributed by atoms with Crippen molar-refractivity contribution >= 4 is 53.3 Å². The van der Waals surface area contributed by atoms with Gasteiger partial charge in [-0.3, -0.25) is 4.99 Å². The number of nitrogens with zero attached hydrogens (tertiary/aromatic N) is 2. The van der Waals surface area contributed by atoms with Gasteiger partial charge in [0.05, 0.1) is 13.1 Å². The maximum atomic E-state index is 6.01. The molecule has 2 heterocycles. The predicted molar refractivity (Wildman–Crippen MR) is 114 cm³/mol. The van der Waals surface area contributed by atoms with Crippen molar-refractivity contribution in [2.24, 2.45) is 4.99 Å². The summed E-state index contributed by atoms with van der Waals surface area (Å²) in [5.74, 6) is 2.54. The minimum absolute atomic E-state index is 0. The Hall–Kier alpha value is -0.410. The van der Waals surface area contributed by atoms with Crippen LogP contribution in [0, 0.1) is 0 Å². The number of thioether (sulfide) groups is 1. The minimum Gasteiger partial charge on any atom is -0.475 e. The molecule has 8 heteroatoms. The number of aliphatic imine (C=N–C) groups is 1. The van der Waals surface area contributed by atoms with Crippen LogP contribution in [0.5, 0.6) is 5.88 Å². The topological polar surface area (TPSA) is 58.5 Å². The molecule has 2 rings (SSSR count). The highest BCUT2D eigenvalue weighted by Crippen LogP contribution is 2.37. The summed E-state index contributed by atoms with van der Waals surface area (Å²) in [7, 11) is 0. The van der Waals surface area contributed by atoms with E-state index in [4.69, 9.17) is 21.3 Å². The van der Waals surface area contributed by atoms with Gasteiger partial charge in [-0.2, -0.15) is 11.8 Å². The summed E-state index contributed by atoms with van der Waals surface area (Å²) in [6.07, 6.45) is 4.20. The molecule has 136 valence electrons. The third-order valence-electron chi connectivity index (χ3n) is 3.57. The van der Waals surface area contributed by atoms with Gasteiger partial charge in [-0.15, -0.1) is 24.0 Å². The Morgan fingerprint density at radius 2 is 2.33 bits per heavy atom. The van der Waals surface area contributed by atoms with Crippen molar-refractivity contribution in [2.75, 3.05) is 32.0 Å². The van der Waals surface area contributed by atoms with Gasteiger partial charge in [-0.25, -0.2) is 4.98 Å². The first-order chi connectivity index (χ1) is 11.1. The van der Waals surface area contributed by atoms with Gasteiger partial charge in [-0.1, -0.05) is 11.6 Å². The number of halogens is 2. The van der Waals surface area contributed by atoms with Crippen LogP contribution in [-0.2, 0) is 0 Å². The molecule has 0 radical (unpaired) electrons. The zero-order valence-electron chi connectivity index (χ0n) is 14.2. The van der Waals surface area contributed by atoms with Gasteiger partial charge in [0.15, 0.2) is 5.96 Å². The monoisotopic (exact) mass is 484 g/mol. The Morgan fingerprint density at radius 3 is 3.00 bits per heavy atom. The van der Waals surface area contributed by atoms with E-state index in [1.807, 2.05) is 11.8 Å². The fraction of sp³-hybridized carbons (Fsp3) is 0.625. The van der Waals surface area contributed by atoms with E-state index in [9.17, 15) is 0 Å². The molecule has 1 unspecified atom stereocenters. The molecule has 24 heavy (non-hydrogen) atoms. The first kappa shape index (κ1) is 21.6. The Kier molecular flexibility index (Phi) is 10.1. The molecular weight excluding hydrogens is 459 g/mol. The quantitative estimate of drug-likeness (QED) is 0.268. The van der Waals surface area contributed by atoms with Crippen LogP contribution in [0.15, 0.2) is 23.3 Å². The van der Waals surface area contributed by atoms with Gasteiger partial charge in [0.1, 0.15) is 11.6 Å². The Balaban J connectivity index is 0.00000288. The van der Waals surface area contributed by atoms with Crippen molar-refractivity contribution in [2.45, 2.75) is 31.4 Å². The van der Waals surface area contributed by atoms with E-state index in [2.05, 4.69) is 29.5 Å².